The van der Waals surface area contributed by atoms with Gasteiger partial charge in [0.15, 0.2) is 0 Å². The maximum Gasteiger partial charge on any atom is 0.241 e. The van der Waals surface area contributed by atoms with Crippen LogP contribution in [0.5, 0.6) is 0 Å². The summed E-state index contributed by atoms with van der Waals surface area (Å²) in [7, 11) is -3.49. The van der Waals surface area contributed by atoms with Gasteiger partial charge in [0.05, 0.1) is 10.4 Å². The molecule has 0 aliphatic heterocycles. The second-order valence-electron chi connectivity index (χ2n) is 5.21. The number of rotatable bonds is 2. The van der Waals surface area contributed by atoms with Crippen molar-refractivity contribution in [3.05, 3.63) is 36.5 Å². The molecule has 0 saturated heterocycles. The first kappa shape index (κ1) is 13.0. The highest BCUT2D eigenvalue weighted by Gasteiger charge is 2.21. The van der Waals surface area contributed by atoms with E-state index >= 15 is 0 Å². The third-order valence-corrected chi connectivity index (χ3v) is 4.08. The molecule has 0 bridgehead atoms. The fraction of sp³-hybridized carbons (Fsp3) is 0.308. The lowest BCUT2D eigenvalue weighted by molar-refractivity contribution is 0.491. The first-order chi connectivity index (χ1) is 8.28. The Morgan fingerprint density at radius 2 is 1.89 bits per heavy atom. The molecular formula is C13H16N2O2S. The molecule has 5 heteroatoms. The number of hydrogen-bond donors (Lipinski definition) is 1. The fourth-order valence-electron chi connectivity index (χ4n) is 1.68. The van der Waals surface area contributed by atoms with E-state index in [9.17, 15) is 8.42 Å². The molecule has 0 unspecified atom stereocenters. The number of aromatic nitrogens is 1. The highest BCUT2D eigenvalue weighted by Crippen LogP contribution is 2.18. The van der Waals surface area contributed by atoms with Crippen molar-refractivity contribution in [2.24, 2.45) is 0 Å². The average molecular weight is 264 g/mol. The van der Waals surface area contributed by atoms with E-state index in [-0.39, 0.29) is 4.90 Å². The van der Waals surface area contributed by atoms with Gasteiger partial charge < -0.3 is 0 Å². The van der Waals surface area contributed by atoms with Crippen LogP contribution in [0.4, 0.5) is 0 Å². The summed E-state index contributed by atoms with van der Waals surface area (Å²) in [6.07, 6.45) is 1.68. The third kappa shape index (κ3) is 2.86. The van der Waals surface area contributed by atoms with Crippen LogP contribution in [0.3, 0.4) is 0 Å². The molecule has 1 aromatic heterocycles. The summed E-state index contributed by atoms with van der Waals surface area (Å²) < 4.78 is 26.9. The van der Waals surface area contributed by atoms with Gasteiger partial charge in [-0.3, -0.25) is 4.98 Å². The van der Waals surface area contributed by atoms with Gasteiger partial charge in [-0.25, -0.2) is 13.1 Å². The molecule has 0 aliphatic carbocycles. The lowest BCUT2D eigenvalue weighted by Crippen LogP contribution is -2.40. The van der Waals surface area contributed by atoms with E-state index in [1.165, 1.54) is 0 Å². The van der Waals surface area contributed by atoms with Gasteiger partial charge in [-0.2, -0.15) is 0 Å². The van der Waals surface area contributed by atoms with E-state index in [4.69, 9.17) is 0 Å². The van der Waals surface area contributed by atoms with Crippen molar-refractivity contribution in [1.82, 2.24) is 9.71 Å². The predicted octanol–water partition coefficient (Wildman–Crippen LogP) is 2.31. The number of pyridine rings is 1. The van der Waals surface area contributed by atoms with Gasteiger partial charge in [-0.05, 0) is 45.0 Å². The Labute approximate surface area is 107 Å². The summed E-state index contributed by atoms with van der Waals surface area (Å²) in [6, 6.07) is 8.56. The zero-order valence-corrected chi connectivity index (χ0v) is 11.5. The van der Waals surface area contributed by atoms with E-state index in [1.54, 1.807) is 30.5 Å². The molecule has 0 spiro atoms. The first-order valence-electron chi connectivity index (χ1n) is 5.67. The molecule has 96 valence electrons. The van der Waals surface area contributed by atoms with Crippen molar-refractivity contribution in [3.8, 4) is 0 Å². The third-order valence-electron chi connectivity index (χ3n) is 2.33. The van der Waals surface area contributed by atoms with E-state index in [0.29, 0.717) is 0 Å². The number of fused-ring (bicyclic) bond motifs is 1. The molecule has 18 heavy (non-hydrogen) atoms. The van der Waals surface area contributed by atoms with Gasteiger partial charge in [0.1, 0.15) is 0 Å². The van der Waals surface area contributed by atoms with Crippen LogP contribution in [0.1, 0.15) is 20.8 Å². The maximum absolute atomic E-state index is 12.2. The van der Waals surface area contributed by atoms with E-state index in [1.807, 2.05) is 26.8 Å². The Kier molecular flexibility index (Phi) is 3.12. The van der Waals surface area contributed by atoms with Gasteiger partial charge in [-0.1, -0.05) is 6.07 Å². The molecule has 0 saturated carbocycles. The summed E-state index contributed by atoms with van der Waals surface area (Å²) in [5.74, 6) is 0. The van der Waals surface area contributed by atoms with Crippen molar-refractivity contribution >= 4 is 20.9 Å². The fourth-order valence-corrected chi connectivity index (χ4v) is 3.14. The largest absolute Gasteiger partial charge is 0.256 e. The maximum atomic E-state index is 12.2. The van der Waals surface area contributed by atoms with E-state index in [0.717, 1.165) is 10.9 Å². The Morgan fingerprint density at radius 3 is 2.56 bits per heavy atom. The van der Waals surface area contributed by atoms with Crippen LogP contribution in [0.15, 0.2) is 41.4 Å². The average Bonchev–Trinajstić information content (AvgIpc) is 2.25. The highest BCUT2D eigenvalue weighted by molar-refractivity contribution is 7.89. The quantitative estimate of drug-likeness (QED) is 0.905. The van der Waals surface area contributed by atoms with Crippen molar-refractivity contribution in [3.63, 3.8) is 0 Å². The molecule has 1 aromatic carbocycles. The molecule has 0 atom stereocenters. The van der Waals surface area contributed by atoms with Crippen molar-refractivity contribution in [2.45, 2.75) is 31.2 Å². The standard InChI is InChI=1S/C13H16N2O2S/c1-13(2,3)15-18(16,17)11-6-7-12-10(9-11)5-4-8-14-12/h4-9,15H,1-3H3. The van der Waals surface area contributed by atoms with E-state index in [2.05, 4.69) is 9.71 Å². The number of benzene rings is 1. The molecule has 2 rings (SSSR count). The topological polar surface area (TPSA) is 59.1 Å². The molecule has 1 heterocycles. The van der Waals surface area contributed by atoms with Crippen molar-refractivity contribution in [1.29, 1.82) is 0 Å². The lowest BCUT2D eigenvalue weighted by Gasteiger charge is -2.20. The summed E-state index contributed by atoms with van der Waals surface area (Å²) in [4.78, 5) is 4.43. The molecule has 0 aliphatic rings. The Hall–Kier alpha value is -1.46. The zero-order valence-electron chi connectivity index (χ0n) is 10.6. The number of hydrogen-bond acceptors (Lipinski definition) is 3. The molecule has 2 aromatic rings. The SMILES string of the molecule is CC(C)(C)NS(=O)(=O)c1ccc2ncccc2c1. The van der Waals surface area contributed by atoms with Gasteiger partial charge >= 0.3 is 0 Å². The monoisotopic (exact) mass is 264 g/mol. The van der Waals surface area contributed by atoms with E-state index < -0.39 is 15.6 Å². The number of nitrogens with zero attached hydrogens (tertiary/aromatic N) is 1. The van der Waals surface area contributed by atoms with Crippen LogP contribution in [0.2, 0.25) is 0 Å². The smallest absolute Gasteiger partial charge is 0.241 e. The summed E-state index contributed by atoms with van der Waals surface area (Å²) in [5.41, 5.74) is 0.287. The van der Waals surface area contributed by atoms with Crippen LogP contribution < -0.4 is 4.72 Å². The number of nitrogens with one attached hydrogen (secondary N) is 1. The minimum atomic E-state index is -3.49. The molecular weight excluding hydrogens is 248 g/mol. The second-order valence-corrected chi connectivity index (χ2v) is 6.90. The predicted molar refractivity (Wildman–Crippen MR) is 71.8 cm³/mol. The van der Waals surface area contributed by atoms with Crippen molar-refractivity contribution < 1.29 is 8.42 Å². The highest BCUT2D eigenvalue weighted by atomic mass is 32.2. The second kappa shape index (κ2) is 4.33. The number of sulfonamides is 1. The zero-order chi connectivity index (χ0) is 13.4. The van der Waals surface area contributed by atoms with Gasteiger partial charge in [-0.15, -0.1) is 0 Å². The summed E-state index contributed by atoms with van der Waals surface area (Å²) in [6.45, 7) is 5.44. The normalized spacial score (nSPS) is 12.8. The molecule has 4 nitrogen and oxygen atoms in total. The van der Waals surface area contributed by atoms with Gasteiger partial charge in [0.2, 0.25) is 10.0 Å². The first-order valence-corrected chi connectivity index (χ1v) is 7.15. The Morgan fingerprint density at radius 1 is 1.17 bits per heavy atom. The van der Waals surface area contributed by atoms with Crippen LogP contribution in [0, 0.1) is 0 Å². The molecule has 0 fully saturated rings. The van der Waals surface area contributed by atoms with Crippen LogP contribution in [-0.4, -0.2) is 18.9 Å². The molecule has 0 radical (unpaired) electrons. The minimum Gasteiger partial charge on any atom is -0.256 e. The summed E-state index contributed by atoms with van der Waals surface area (Å²) in [5, 5.41) is 0.814. The molecule has 0 amide bonds. The Bertz CT molecular complexity index is 673. The van der Waals surface area contributed by atoms with Crippen LogP contribution >= 0.6 is 0 Å². The minimum absolute atomic E-state index is 0.262. The Balaban J connectivity index is 2.48. The van der Waals surface area contributed by atoms with Crippen LogP contribution in [0.25, 0.3) is 10.9 Å². The van der Waals surface area contributed by atoms with Crippen LogP contribution in [-0.2, 0) is 10.0 Å². The van der Waals surface area contributed by atoms with Crippen molar-refractivity contribution in [2.75, 3.05) is 0 Å². The van der Waals surface area contributed by atoms with Gasteiger partial charge in [0, 0.05) is 17.1 Å². The molecule has 1 N–H and O–H groups in total. The van der Waals surface area contributed by atoms with Gasteiger partial charge in [0.25, 0.3) is 0 Å². The lowest BCUT2D eigenvalue weighted by atomic mass is 10.1. The summed E-state index contributed by atoms with van der Waals surface area (Å²) >= 11 is 0.